The third-order valence-corrected chi connectivity index (χ3v) is 3.10. The Labute approximate surface area is 131 Å². The lowest BCUT2D eigenvalue weighted by atomic mass is 10.1. The van der Waals surface area contributed by atoms with Crippen molar-refractivity contribution in [2.75, 3.05) is 6.54 Å². The number of carbonyl (C=O) groups is 1. The maximum Gasteiger partial charge on any atom is 0.271 e. The number of ether oxygens (including phenoxy) is 1. The summed E-state index contributed by atoms with van der Waals surface area (Å²) in [6.45, 7) is 9.09. The average Bonchev–Trinajstić information content (AvgIpc) is 2.90. The number of benzene rings is 1. The van der Waals surface area contributed by atoms with Crippen LogP contribution in [0.3, 0.4) is 0 Å². The Morgan fingerprint density at radius 2 is 1.95 bits per heavy atom. The Morgan fingerprint density at radius 3 is 2.59 bits per heavy atom. The van der Waals surface area contributed by atoms with E-state index in [1.807, 2.05) is 26.0 Å². The molecule has 5 nitrogen and oxygen atoms in total. The molecule has 2 rings (SSSR count). The zero-order valence-corrected chi connectivity index (χ0v) is 13.6. The Kier molecular flexibility index (Phi) is 5.20. The minimum absolute atomic E-state index is 0.154. The number of nitrogens with one attached hydrogen (secondary N) is 1. The van der Waals surface area contributed by atoms with Crippen LogP contribution in [0.25, 0.3) is 0 Å². The van der Waals surface area contributed by atoms with Crippen LogP contribution in [0.4, 0.5) is 0 Å². The van der Waals surface area contributed by atoms with Crippen molar-refractivity contribution in [2.45, 2.75) is 34.4 Å². The van der Waals surface area contributed by atoms with E-state index < -0.39 is 0 Å². The second-order valence-corrected chi connectivity index (χ2v) is 5.94. The lowest BCUT2D eigenvalue weighted by Gasteiger charge is -2.08. The minimum atomic E-state index is -0.154. The van der Waals surface area contributed by atoms with Gasteiger partial charge < -0.3 is 10.1 Å². The second kappa shape index (κ2) is 7.11. The molecule has 1 aromatic heterocycles. The third kappa shape index (κ3) is 4.62. The van der Waals surface area contributed by atoms with Gasteiger partial charge in [0.15, 0.2) is 6.73 Å². The fourth-order valence-corrected chi connectivity index (χ4v) is 2.10. The molecule has 22 heavy (non-hydrogen) atoms. The van der Waals surface area contributed by atoms with Gasteiger partial charge in [-0.3, -0.25) is 4.79 Å². The number of hydrogen-bond donors (Lipinski definition) is 1. The van der Waals surface area contributed by atoms with Crippen LogP contribution in [0.1, 0.15) is 35.5 Å². The predicted molar refractivity (Wildman–Crippen MR) is 85.9 cm³/mol. The van der Waals surface area contributed by atoms with Crippen LogP contribution in [-0.2, 0) is 6.73 Å². The predicted octanol–water partition coefficient (Wildman–Crippen LogP) is 2.92. The van der Waals surface area contributed by atoms with Crippen LogP contribution in [0.5, 0.6) is 5.75 Å². The minimum Gasteiger partial charge on any atom is -0.471 e. The molecule has 0 atom stereocenters. The molecule has 0 aliphatic heterocycles. The Bertz CT molecular complexity index is 627. The molecule has 1 amide bonds. The zero-order valence-electron chi connectivity index (χ0n) is 13.6. The molecule has 0 saturated heterocycles. The first-order chi connectivity index (χ1) is 10.4. The molecule has 0 aliphatic rings. The lowest BCUT2D eigenvalue weighted by molar-refractivity contribution is 0.0942. The SMILES string of the molecule is Cc1cc(C)cc(OCn2ccc(C(=O)NCC(C)C)n2)c1. The van der Waals surface area contributed by atoms with Crippen molar-refractivity contribution in [3.8, 4) is 5.75 Å². The Hall–Kier alpha value is -2.30. The van der Waals surface area contributed by atoms with Gasteiger partial charge >= 0.3 is 0 Å². The molecule has 1 N–H and O–H groups in total. The number of nitrogens with zero attached hydrogens (tertiary/aromatic N) is 2. The molecule has 1 aromatic carbocycles. The second-order valence-electron chi connectivity index (χ2n) is 5.94. The largest absolute Gasteiger partial charge is 0.471 e. The van der Waals surface area contributed by atoms with Crippen LogP contribution in [0.2, 0.25) is 0 Å². The van der Waals surface area contributed by atoms with Gasteiger partial charge in [-0.2, -0.15) is 5.10 Å². The molecule has 1 heterocycles. The standard InChI is InChI=1S/C17H23N3O2/c1-12(2)10-18-17(21)16-5-6-20(19-16)11-22-15-8-13(3)7-14(4)9-15/h5-9,12H,10-11H2,1-4H3,(H,18,21). The van der Waals surface area contributed by atoms with E-state index in [1.54, 1.807) is 16.9 Å². The molecule has 2 aromatic rings. The van der Waals surface area contributed by atoms with Gasteiger partial charge in [-0.1, -0.05) is 19.9 Å². The van der Waals surface area contributed by atoms with Gasteiger partial charge in [0.25, 0.3) is 5.91 Å². The van der Waals surface area contributed by atoms with Crippen LogP contribution in [0, 0.1) is 19.8 Å². The van der Waals surface area contributed by atoms with Crippen LogP contribution < -0.4 is 10.1 Å². The summed E-state index contributed by atoms with van der Waals surface area (Å²) in [5.41, 5.74) is 2.72. The van der Waals surface area contributed by atoms with Gasteiger partial charge in [-0.15, -0.1) is 0 Å². The van der Waals surface area contributed by atoms with Crippen LogP contribution in [0.15, 0.2) is 30.5 Å². The maximum atomic E-state index is 11.9. The number of rotatable bonds is 6. The van der Waals surface area contributed by atoms with E-state index >= 15 is 0 Å². The van der Waals surface area contributed by atoms with Crippen molar-refractivity contribution in [3.05, 3.63) is 47.3 Å². The molecule has 0 saturated carbocycles. The molecular formula is C17H23N3O2. The normalized spacial score (nSPS) is 10.8. The summed E-state index contributed by atoms with van der Waals surface area (Å²) in [5, 5.41) is 7.07. The van der Waals surface area contributed by atoms with Crippen molar-refractivity contribution in [1.29, 1.82) is 0 Å². The summed E-state index contributed by atoms with van der Waals surface area (Å²) in [6.07, 6.45) is 1.74. The topological polar surface area (TPSA) is 56.1 Å². The zero-order chi connectivity index (χ0) is 16.1. The van der Waals surface area contributed by atoms with Crippen molar-refractivity contribution in [3.63, 3.8) is 0 Å². The van der Waals surface area contributed by atoms with E-state index in [2.05, 4.69) is 30.3 Å². The highest BCUT2D eigenvalue weighted by atomic mass is 16.5. The number of hydrogen-bond acceptors (Lipinski definition) is 3. The maximum absolute atomic E-state index is 11.9. The molecule has 0 radical (unpaired) electrons. The van der Waals surface area contributed by atoms with Crippen molar-refractivity contribution in [2.24, 2.45) is 5.92 Å². The smallest absolute Gasteiger partial charge is 0.271 e. The quantitative estimate of drug-likeness (QED) is 0.892. The summed E-state index contributed by atoms with van der Waals surface area (Å²) in [7, 11) is 0. The van der Waals surface area contributed by atoms with Gasteiger partial charge in [-0.25, -0.2) is 4.68 Å². The van der Waals surface area contributed by atoms with E-state index in [-0.39, 0.29) is 12.6 Å². The lowest BCUT2D eigenvalue weighted by Crippen LogP contribution is -2.27. The van der Waals surface area contributed by atoms with Crippen molar-refractivity contribution in [1.82, 2.24) is 15.1 Å². The summed E-state index contributed by atoms with van der Waals surface area (Å²) in [4.78, 5) is 11.9. The molecule has 0 spiro atoms. The van der Waals surface area contributed by atoms with E-state index in [0.717, 1.165) is 16.9 Å². The number of aryl methyl sites for hydroxylation is 2. The van der Waals surface area contributed by atoms with Crippen LogP contribution >= 0.6 is 0 Å². The number of amides is 1. The number of aromatic nitrogens is 2. The fourth-order valence-electron chi connectivity index (χ4n) is 2.10. The van der Waals surface area contributed by atoms with Gasteiger partial charge in [0, 0.05) is 12.7 Å². The summed E-state index contributed by atoms with van der Waals surface area (Å²) >= 11 is 0. The first-order valence-corrected chi connectivity index (χ1v) is 7.47. The molecular weight excluding hydrogens is 278 g/mol. The Morgan fingerprint density at radius 1 is 1.27 bits per heavy atom. The van der Waals surface area contributed by atoms with Crippen molar-refractivity contribution < 1.29 is 9.53 Å². The van der Waals surface area contributed by atoms with Crippen molar-refractivity contribution >= 4 is 5.91 Å². The highest BCUT2D eigenvalue weighted by Gasteiger charge is 2.09. The molecule has 0 bridgehead atoms. The Balaban J connectivity index is 1.93. The van der Waals surface area contributed by atoms with E-state index in [4.69, 9.17) is 4.74 Å². The fraction of sp³-hybridized carbons (Fsp3) is 0.412. The number of carbonyl (C=O) groups excluding carboxylic acids is 1. The van der Waals surface area contributed by atoms with Gasteiger partial charge in [0.05, 0.1) is 0 Å². The van der Waals surface area contributed by atoms with Crippen LogP contribution in [-0.4, -0.2) is 22.2 Å². The van der Waals surface area contributed by atoms with E-state index in [0.29, 0.717) is 18.2 Å². The van der Waals surface area contributed by atoms with E-state index in [9.17, 15) is 4.79 Å². The van der Waals surface area contributed by atoms with Gasteiger partial charge in [0.1, 0.15) is 11.4 Å². The molecule has 0 unspecified atom stereocenters. The monoisotopic (exact) mass is 301 g/mol. The molecule has 0 fully saturated rings. The first kappa shape index (κ1) is 16.1. The third-order valence-electron chi connectivity index (χ3n) is 3.10. The first-order valence-electron chi connectivity index (χ1n) is 7.47. The van der Waals surface area contributed by atoms with Gasteiger partial charge in [0.2, 0.25) is 0 Å². The average molecular weight is 301 g/mol. The van der Waals surface area contributed by atoms with Gasteiger partial charge in [-0.05, 0) is 49.1 Å². The summed E-state index contributed by atoms with van der Waals surface area (Å²) in [6, 6.07) is 7.75. The van der Waals surface area contributed by atoms with E-state index in [1.165, 1.54) is 0 Å². The summed E-state index contributed by atoms with van der Waals surface area (Å²) in [5.74, 6) is 1.07. The molecule has 0 aliphatic carbocycles. The molecule has 118 valence electrons. The highest BCUT2D eigenvalue weighted by Crippen LogP contribution is 2.16. The summed E-state index contributed by atoms with van der Waals surface area (Å²) < 4.78 is 7.33. The highest BCUT2D eigenvalue weighted by molar-refractivity contribution is 5.92. The molecule has 5 heteroatoms.